The molecule has 0 aliphatic heterocycles. The Hall–Kier alpha value is -0.530. The number of rotatable bonds is 10. The summed E-state index contributed by atoms with van der Waals surface area (Å²) in [5.41, 5.74) is 0. The van der Waals surface area contributed by atoms with E-state index in [2.05, 4.69) is 18.6 Å². The molecule has 0 rings (SSSR count). The zero-order valence-corrected chi connectivity index (χ0v) is 11.3. The number of esters is 1. The van der Waals surface area contributed by atoms with Crippen LogP contribution < -0.4 is 0 Å². The van der Waals surface area contributed by atoms with Crippen molar-refractivity contribution in [2.45, 2.75) is 71.6 Å². The Morgan fingerprint density at radius 1 is 0.938 bits per heavy atom. The lowest BCUT2D eigenvalue weighted by Crippen LogP contribution is -1.99. The predicted molar refractivity (Wildman–Crippen MR) is 68.4 cm³/mol. The van der Waals surface area contributed by atoms with Gasteiger partial charge in [-0.15, -0.1) is 0 Å². The Labute approximate surface area is 101 Å². The third-order valence-corrected chi connectivity index (χ3v) is 2.89. The molecule has 16 heavy (non-hydrogen) atoms. The first-order chi connectivity index (χ1) is 7.66. The molecule has 0 saturated heterocycles. The number of hydrogen-bond donors (Lipinski definition) is 0. The van der Waals surface area contributed by atoms with Gasteiger partial charge in [0, 0.05) is 6.42 Å². The molecular formula is C14H28O2. The van der Waals surface area contributed by atoms with Crippen LogP contribution in [0.2, 0.25) is 0 Å². The molecule has 0 aliphatic rings. The molecule has 0 aromatic rings. The van der Waals surface area contributed by atoms with Crippen LogP contribution in [0.25, 0.3) is 0 Å². The molecule has 0 radical (unpaired) electrons. The van der Waals surface area contributed by atoms with Gasteiger partial charge in [0.2, 0.25) is 0 Å². The molecule has 0 atom stereocenters. The molecule has 0 aliphatic carbocycles. The van der Waals surface area contributed by atoms with Crippen molar-refractivity contribution in [2.24, 2.45) is 5.92 Å². The number of hydrogen-bond acceptors (Lipinski definition) is 2. The van der Waals surface area contributed by atoms with Crippen LogP contribution in [0.4, 0.5) is 0 Å². The Morgan fingerprint density at radius 3 is 1.94 bits per heavy atom. The molecule has 96 valence electrons. The average Bonchev–Trinajstić information content (AvgIpc) is 2.26. The van der Waals surface area contributed by atoms with Gasteiger partial charge in [-0.2, -0.15) is 0 Å². The van der Waals surface area contributed by atoms with Crippen LogP contribution in [-0.2, 0) is 9.53 Å². The summed E-state index contributed by atoms with van der Waals surface area (Å²) in [6.45, 7) is 4.57. The molecular weight excluding hydrogens is 200 g/mol. The van der Waals surface area contributed by atoms with Crippen LogP contribution in [0.3, 0.4) is 0 Å². The first-order valence-corrected chi connectivity index (χ1v) is 6.73. The van der Waals surface area contributed by atoms with E-state index in [1.165, 1.54) is 52.1 Å². The number of carbonyl (C=O) groups is 1. The fourth-order valence-electron chi connectivity index (χ4n) is 1.81. The second kappa shape index (κ2) is 11.0. The van der Waals surface area contributed by atoms with Crippen LogP contribution in [0, 0.1) is 5.92 Å². The Kier molecular flexibility index (Phi) is 10.6. The van der Waals surface area contributed by atoms with Crippen molar-refractivity contribution >= 4 is 5.97 Å². The summed E-state index contributed by atoms with van der Waals surface area (Å²) in [7, 11) is 1.46. The lowest BCUT2D eigenvalue weighted by atomic mass is 10.0. The van der Waals surface area contributed by atoms with Crippen molar-refractivity contribution < 1.29 is 9.53 Å². The summed E-state index contributed by atoms with van der Waals surface area (Å²) in [4.78, 5) is 10.8. The second-order valence-electron chi connectivity index (χ2n) is 4.98. The number of methoxy groups -OCH3 is 1. The zero-order chi connectivity index (χ0) is 12.2. The molecule has 0 heterocycles. The molecule has 0 aromatic heterocycles. The molecule has 0 amide bonds. The van der Waals surface area contributed by atoms with Gasteiger partial charge in [-0.1, -0.05) is 58.8 Å². The van der Waals surface area contributed by atoms with Crippen LogP contribution in [-0.4, -0.2) is 13.1 Å². The van der Waals surface area contributed by atoms with Gasteiger partial charge in [-0.3, -0.25) is 4.79 Å². The Balaban J connectivity index is 3.01. The highest BCUT2D eigenvalue weighted by atomic mass is 16.5. The minimum Gasteiger partial charge on any atom is -0.469 e. The van der Waals surface area contributed by atoms with Gasteiger partial charge >= 0.3 is 5.97 Å². The Bertz CT molecular complexity index is 164. The summed E-state index contributed by atoms with van der Waals surface area (Å²) < 4.78 is 4.59. The number of unbranched alkanes of at least 4 members (excludes halogenated alkanes) is 6. The van der Waals surface area contributed by atoms with Crippen molar-refractivity contribution in [2.75, 3.05) is 7.11 Å². The highest BCUT2D eigenvalue weighted by Crippen LogP contribution is 2.12. The van der Waals surface area contributed by atoms with Crippen molar-refractivity contribution in [1.29, 1.82) is 0 Å². The van der Waals surface area contributed by atoms with E-state index in [1.807, 2.05) is 0 Å². The lowest BCUT2D eigenvalue weighted by Gasteiger charge is -2.04. The van der Waals surface area contributed by atoms with E-state index < -0.39 is 0 Å². The van der Waals surface area contributed by atoms with Gasteiger partial charge in [0.15, 0.2) is 0 Å². The first-order valence-electron chi connectivity index (χ1n) is 6.73. The molecule has 0 unspecified atom stereocenters. The van der Waals surface area contributed by atoms with Gasteiger partial charge in [0.25, 0.3) is 0 Å². The van der Waals surface area contributed by atoms with Gasteiger partial charge in [-0.05, 0) is 12.3 Å². The van der Waals surface area contributed by atoms with E-state index in [4.69, 9.17) is 0 Å². The fraction of sp³-hybridized carbons (Fsp3) is 0.929. The molecule has 2 nitrogen and oxygen atoms in total. The van der Waals surface area contributed by atoms with Gasteiger partial charge in [0.05, 0.1) is 7.11 Å². The highest BCUT2D eigenvalue weighted by molar-refractivity contribution is 5.68. The molecule has 0 fully saturated rings. The van der Waals surface area contributed by atoms with Crippen molar-refractivity contribution in [3.05, 3.63) is 0 Å². The molecule has 2 heteroatoms. The van der Waals surface area contributed by atoms with E-state index in [0.29, 0.717) is 6.42 Å². The predicted octanol–water partition coefficient (Wildman–Crippen LogP) is 4.33. The standard InChI is InChI=1S/C14H28O2/c1-13(2)11-9-7-5-4-6-8-10-12-14(15)16-3/h13H,4-12H2,1-3H3. The van der Waals surface area contributed by atoms with Gasteiger partial charge in [-0.25, -0.2) is 0 Å². The fourth-order valence-corrected chi connectivity index (χ4v) is 1.81. The van der Waals surface area contributed by atoms with Gasteiger partial charge < -0.3 is 4.74 Å². The second-order valence-corrected chi connectivity index (χ2v) is 4.98. The Morgan fingerprint density at radius 2 is 1.44 bits per heavy atom. The molecule has 0 bridgehead atoms. The lowest BCUT2D eigenvalue weighted by molar-refractivity contribution is -0.140. The highest BCUT2D eigenvalue weighted by Gasteiger charge is 1.99. The quantitative estimate of drug-likeness (QED) is 0.411. The third kappa shape index (κ3) is 11.5. The van der Waals surface area contributed by atoms with E-state index in [0.717, 1.165) is 12.3 Å². The van der Waals surface area contributed by atoms with E-state index in [-0.39, 0.29) is 5.97 Å². The largest absolute Gasteiger partial charge is 0.469 e. The minimum atomic E-state index is -0.0723. The topological polar surface area (TPSA) is 26.3 Å². The first kappa shape index (κ1) is 15.5. The zero-order valence-electron chi connectivity index (χ0n) is 11.3. The van der Waals surface area contributed by atoms with E-state index >= 15 is 0 Å². The molecule has 0 spiro atoms. The maximum absolute atomic E-state index is 10.8. The third-order valence-electron chi connectivity index (χ3n) is 2.89. The average molecular weight is 228 g/mol. The smallest absolute Gasteiger partial charge is 0.305 e. The maximum Gasteiger partial charge on any atom is 0.305 e. The SMILES string of the molecule is COC(=O)CCCCCCCCCC(C)C. The number of carbonyl (C=O) groups excluding carboxylic acids is 1. The molecule has 0 saturated carbocycles. The summed E-state index contributed by atoms with van der Waals surface area (Å²) in [6, 6.07) is 0. The normalized spacial score (nSPS) is 10.8. The van der Waals surface area contributed by atoms with Gasteiger partial charge in [0.1, 0.15) is 0 Å². The summed E-state index contributed by atoms with van der Waals surface area (Å²) in [5, 5.41) is 0. The van der Waals surface area contributed by atoms with Crippen LogP contribution >= 0.6 is 0 Å². The molecule has 0 aromatic carbocycles. The van der Waals surface area contributed by atoms with E-state index in [1.54, 1.807) is 0 Å². The van der Waals surface area contributed by atoms with Crippen molar-refractivity contribution in [1.82, 2.24) is 0 Å². The van der Waals surface area contributed by atoms with Crippen LogP contribution in [0.5, 0.6) is 0 Å². The maximum atomic E-state index is 10.8. The van der Waals surface area contributed by atoms with Crippen LogP contribution in [0.15, 0.2) is 0 Å². The van der Waals surface area contributed by atoms with E-state index in [9.17, 15) is 4.79 Å². The number of ether oxygens (including phenoxy) is 1. The summed E-state index contributed by atoms with van der Waals surface area (Å²) in [6.07, 6.45) is 10.8. The summed E-state index contributed by atoms with van der Waals surface area (Å²) in [5.74, 6) is 0.775. The molecule has 0 N–H and O–H groups in total. The monoisotopic (exact) mass is 228 g/mol. The van der Waals surface area contributed by atoms with Crippen molar-refractivity contribution in [3.8, 4) is 0 Å². The summed E-state index contributed by atoms with van der Waals surface area (Å²) >= 11 is 0. The minimum absolute atomic E-state index is 0.0723. The van der Waals surface area contributed by atoms with Crippen molar-refractivity contribution in [3.63, 3.8) is 0 Å². The van der Waals surface area contributed by atoms with Crippen LogP contribution in [0.1, 0.15) is 71.6 Å².